The van der Waals surface area contributed by atoms with E-state index in [1.54, 1.807) is 21.7 Å². The van der Waals surface area contributed by atoms with Crippen LogP contribution < -0.4 is 4.90 Å². The van der Waals surface area contributed by atoms with Crippen molar-refractivity contribution in [1.82, 2.24) is 19.9 Å². The van der Waals surface area contributed by atoms with Gasteiger partial charge in [-0.2, -0.15) is 0 Å². The first-order valence-electron chi connectivity index (χ1n) is 9.88. The minimum atomic E-state index is -0.430. The zero-order valence-electron chi connectivity index (χ0n) is 17.2. The van der Waals surface area contributed by atoms with Crippen LogP contribution in [0.4, 0.5) is 10.1 Å². The highest BCUT2D eigenvalue weighted by atomic mass is 79.9. The van der Waals surface area contributed by atoms with Crippen LogP contribution in [0.1, 0.15) is 33.5 Å². The van der Waals surface area contributed by atoms with Crippen LogP contribution in [-0.2, 0) is 0 Å². The Labute approximate surface area is 187 Å². The van der Waals surface area contributed by atoms with Crippen molar-refractivity contribution in [3.63, 3.8) is 0 Å². The van der Waals surface area contributed by atoms with Crippen molar-refractivity contribution in [2.45, 2.75) is 13.8 Å². The van der Waals surface area contributed by atoms with Gasteiger partial charge in [-0.05, 0) is 50.2 Å². The second-order valence-corrected chi connectivity index (χ2v) is 8.33. The van der Waals surface area contributed by atoms with Crippen molar-refractivity contribution in [2.24, 2.45) is 0 Å². The molecule has 0 spiro atoms. The lowest BCUT2D eigenvalue weighted by Crippen LogP contribution is -2.49. The number of hydrogen-bond acceptors (Lipinski definition) is 5. The predicted molar refractivity (Wildman–Crippen MR) is 118 cm³/mol. The number of ketones is 1. The molecule has 0 bridgehead atoms. The van der Waals surface area contributed by atoms with E-state index >= 15 is 0 Å². The third-order valence-corrected chi connectivity index (χ3v) is 5.90. The van der Waals surface area contributed by atoms with Gasteiger partial charge in [-0.15, -0.1) is 5.10 Å². The average Bonchev–Trinajstić information content (AvgIpc) is 3.14. The minimum Gasteiger partial charge on any atom is -0.366 e. The third-order valence-electron chi connectivity index (χ3n) is 5.41. The number of amides is 1. The van der Waals surface area contributed by atoms with Gasteiger partial charge in [-0.1, -0.05) is 27.2 Å². The van der Waals surface area contributed by atoms with Crippen LogP contribution in [-0.4, -0.2) is 57.8 Å². The first kappa shape index (κ1) is 21.2. The lowest BCUT2D eigenvalue weighted by Gasteiger charge is -2.36. The van der Waals surface area contributed by atoms with Crippen molar-refractivity contribution in [1.29, 1.82) is 0 Å². The first-order chi connectivity index (χ1) is 14.8. The Kier molecular flexibility index (Phi) is 5.86. The van der Waals surface area contributed by atoms with Crippen LogP contribution in [0.25, 0.3) is 5.69 Å². The second-order valence-electron chi connectivity index (χ2n) is 7.42. The molecule has 1 saturated heterocycles. The molecule has 0 radical (unpaired) electrons. The van der Waals surface area contributed by atoms with E-state index < -0.39 is 5.82 Å². The fourth-order valence-electron chi connectivity index (χ4n) is 3.66. The summed E-state index contributed by atoms with van der Waals surface area (Å²) in [6, 6.07) is 12.1. The minimum absolute atomic E-state index is 0.174. The molecule has 0 aliphatic carbocycles. The molecule has 4 rings (SSSR count). The average molecular weight is 486 g/mol. The Hall–Kier alpha value is -3.07. The molecular formula is C22H21BrFN5O2. The van der Waals surface area contributed by atoms with Gasteiger partial charge in [0.2, 0.25) is 0 Å². The molecule has 0 N–H and O–H groups in total. The molecule has 1 amide bonds. The zero-order chi connectivity index (χ0) is 22.1. The van der Waals surface area contributed by atoms with Crippen molar-refractivity contribution in [3.8, 4) is 5.69 Å². The third kappa shape index (κ3) is 4.23. The number of rotatable bonds is 4. The Morgan fingerprint density at radius 2 is 1.81 bits per heavy atom. The largest absolute Gasteiger partial charge is 0.366 e. The summed E-state index contributed by atoms with van der Waals surface area (Å²) >= 11 is 3.44. The fraction of sp³-hybridized carbons (Fsp3) is 0.273. The number of carbonyl (C=O) groups excluding carboxylic acids is 2. The fourth-order valence-corrected chi connectivity index (χ4v) is 4.05. The number of aromatic nitrogens is 3. The van der Waals surface area contributed by atoms with Gasteiger partial charge in [-0.3, -0.25) is 9.59 Å². The summed E-state index contributed by atoms with van der Waals surface area (Å²) in [7, 11) is 0. The van der Waals surface area contributed by atoms with Gasteiger partial charge in [0.15, 0.2) is 11.5 Å². The Balaban J connectivity index is 1.46. The van der Waals surface area contributed by atoms with Crippen LogP contribution in [0.15, 0.2) is 46.9 Å². The lowest BCUT2D eigenvalue weighted by atomic mass is 10.1. The SMILES string of the molecule is CC(=O)c1ccc(N2CCN(C(=O)c3nnn(-c4cccc(Br)c4)c3C)CC2)c(F)c1. The van der Waals surface area contributed by atoms with E-state index in [1.165, 1.54) is 13.0 Å². The van der Waals surface area contributed by atoms with Crippen molar-refractivity contribution in [3.05, 3.63) is 69.7 Å². The summed E-state index contributed by atoms with van der Waals surface area (Å²) in [5, 5.41) is 8.27. The summed E-state index contributed by atoms with van der Waals surface area (Å²) < 4.78 is 17.0. The maximum Gasteiger partial charge on any atom is 0.276 e. The standard InChI is InChI=1S/C22H21BrFN5O2/c1-14-21(25-26-29(14)18-5-3-4-17(23)13-18)22(31)28-10-8-27(9-11-28)20-7-6-16(15(2)30)12-19(20)24/h3-7,12-13H,8-11H2,1-2H3. The molecule has 1 aromatic heterocycles. The van der Waals surface area contributed by atoms with Gasteiger partial charge in [0.05, 0.1) is 17.1 Å². The number of halogens is 2. The van der Waals surface area contributed by atoms with Gasteiger partial charge in [0.1, 0.15) is 5.82 Å². The van der Waals surface area contributed by atoms with E-state index in [0.717, 1.165) is 10.2 Å². The summed E-state index contributed by atoms with van der Waals surface area (Å²) in [5.41, 5.74) is 2.57. The van der Waals surface area contributed by atoms with E-state index in [1.807, 2.05) is 36.1 Å². The molecule has 160 valence electrons. The van der Waals surface area contributed by atoms with Gasteiger partial charge >= 0.3 is 0 Å². The second kappa shape index (κ2) is 8.58. The van der Waals surface area contributed by atoms with Gasteiger partial charge in [-0.25, -0.2) is 9.07 Å². The molecular weight excluding hydrogens is 465 g/mol. The monoisotopic (exact) mass is 485 g/mol. The first-order valence-corrected chi connectivity index (χ1v) is 10.7. The van der Waals surface area contributed by atoms with Crippen LogP contribution in [0.3, 0.4) is 0 Å². The molecule has 31 heavy (non-hydrogen) atoms. The lowest BCUT2D eigenvalue weighted by molar-refractivity contribution is 0.0739. The molecule has 0 saturated carbocycles. The van der Waals surface area contributed by atoms with Crippen LogP contribution in [0.2, 0.25) is 0 Å². The van der Waals surface area contributed by atoms with Crippen molar-refractivity contribution >= 4 is 33.3 Å². The highest BCUT2D eigenvalue weighted by Crippen LogP contribution is 2.23. The topological polar surface area (TPSA) is 71.3 Å². The summed E-state index contributed by atoms with van der Waals surface area (Å²) in [5.74, 6) is -0.793. The van der Waals surface area contributed by atoms with E-state index in [0.29, 0.717) is 48.8 Å². The molecule has 1 aliphatic rings. The molecule has 0 atom stereocenters. The van der Waals surface area contributed by atoms with Gasteiger partial charge in [0.25, 0.3) is 5.91 Å². The quantitative estimate of drug-likeness (QED) is 0.527. The number of nitrogens with zero attached hydrogens (tertiary/aromatic N) is 5. The van der Waals surface area contributed by atoms with Gasteiger partial charge in [0, 0.05) is 36.2 Å². The number of hydrogen-bond donors (Lipinski definition) is 0. The maximum absolute atomic E-state index is 14.5. The van der Waals surface area contributed by atoms with E-state index in [9.17, 15) is 14.0 Å². The van der Waals surface area contributed by atoms with Gasteiger partial charge < -0.3 is 9.80 Å². The molecule has 1 fully saturated rings. The normalized spacial score (nSPS) is 14.1. The molecule has 7 nitrogen and oxygen atoms in total. The van der Waals surface area contributed by atoms with E-state index in [2.05, 4.69) is 26.2 Å². The highest BCUT2D eigenvalue weighted by Gasteiger charge is 2.27. The number of carbonyl (C=O) groups is 2. The Morgan fingerprint density at radius 1 is 1.06 bits per heavy atom. The van der Waals surface area contributed by atoms with Crippen LogP contribution in [0, 0.1) is 12.7 Å². The molecule has 9 heteroatoms. The maximum atomic E-state index is 14.5. The molecule has 1 aliphatic heterocycles. The molecule has 2 aromatic carbocycles. The van der Waals surface area contributed by atoms with Crippen LogP contribution >= 0.6 is 15.9 Å². The van der Waals surface area contributed by atoms with E-state index in [4.69, 9.17) is 0 Å². The number of Topliss-reactive ketones (excluding diaryl/α,β-unsaturated/α-hetero) is 1. The number of piperazine rings is 1. The molecule has 2 heterocycles. The van der Waals surface area contributed by atoms with E-state index in [-0.39, 0.29) is 11.7 Å². The zero-order valence-corrected chi connectivity index (χ0v) is 18.8. The smallest absolute Gasteiger partial charge is 0.276 e. The summed E-state index contributed by atoms with van der Waals surface area (Å²) in [4.78, 5) is 28.1. The Morgan fingerprint density at radius 3 is 2.45 bits per heavy atom. The summed E-state index contributed by atoms with van der Waals surface area (Å²) in [6.07, 6.45) is 0. The summed E-state index contributed by atoms with van der Waals surface area (Å²) in [6.45, 7) is 5.08. The highest BCUT2D eigenvalue weighted by molar-refractivity contribution is 9.10. The number of benzene rings is 2. The van der Waals surface area contributed by atoms with Crippen molar-refractivity contribution < 1.29 is 14.0 Å². The predicted octanol–water partition coefficient (Wildman–Crippen LogP) is 3.64. The van der Waals surface area contributed by atoms with Crippen molar-refractivity contribution in [2.75, 3.05) is 31.1 Å². The molecule has 0 unspecified atom stereocenters. The number of anilines is 1. The van der Waals surface area contributed by atoms with Crippen LogP contribution in [0.5, 0.6) is 0 Å². The Bertz CT molecular complexity index is 1150. The molecule has 3 aromatic rings.